The van der Waals surface area contributed by atoms with Crippen LogP contribution in [0.4, 0.5) is 0 Å². The van der Waals surface area contributed by atoms with Gasteiger partial charge in [-0.1, -0.05) is 29.3 Å². The standard InChI is InChI=1S/C17H17Cl2N3O2.2ClH/c18-12-2-1-3-14(16(12)19)24-15-7-6-11(8-21-15)17(23)22-9-13(20)10-4-5-10;;/h1-3,6-8,10,13H,4-5,9,20H2,(H,22,23);2*1H. The Morgan fingerprint density at radius 3 is 2.62 bits per heavy atom. The molecule has 1 fully saturated rings. The normalized spacial score (nSPS) is 13.8. The van der Waals surface area contributed by atoms with Crippen molar-refractivity contribution >= 4 is 53.9 Å². The van der Waals surface area contributed by atoms with Crippen LogP contribution < -0.4 is 15.8 Å². The maximum atomic E-state index is 12.1. The van der Waals surface area contributed by atoms with Gasteiger partial charge in [-0.2, -0.15) is 0 Å². The van der Waals surface area contributed by atoms with E-state index in [0.29, 0.717) is 39.7 Å². The number of ether oxygens (including phenoxy) is 1. The van der Waals surface area contributed by atoms with Gasteiger partial charge in [0.1, 0.15) is 10.8 Å². The van der Waals surface area contributed by atoms with Crippen molar-refractivity contribution in [1.82, 2.24) is 10.3 Å². The minimum atomic E-state index is -0.203. The maximum absolute atomic E-state index is 12.1. The van der Waals surface area contributed by atoms with Crippen LogP contribution in [0.3, 0.4) is 0 Å². The van der Waals surface area contributed by atoms with Crippen LogP contribution in [0.2, 0.25) is 10.0 Å². The minimum Gasteiger partial charge on any atom is -0.437 e. The molecule has 0 radical (unpaired) electrons. The van der Waals surface area contributed by atoms with Crippen LogP contribution in [0, 0.1) is 5.92 Å². The Kier molecular flexibility index (Phi) is 8.93. The SMILES string of the molecule is Cl.Cl.NC(CNC(=O)c1ccc(Oc2cccc(Cl)c2Cl)nc1)C1CC1. The summed E-state index contributed by atoms with van der Waals surface area (Å²) in [6, 6.07) is 8.36. The molecule has 3 N–H and O–H groups in total. The highest BCUT2D eigenvalue weighted by molar-refractivity contribution is 6.42. The quantitative estimate of drug-likeness (QED) is 0.696. The van der Waals surface area contributed by atoms with Crippen LogP contribution in [0.1, 0.15) is 23.2 Å². The van der Waals surface area contributed by atoms with E-state index < -0.39 is 0 Å². The fourth-order valence-electron chi connectivity index (χ4n) is 2.25. The monoisotopic (exact) mass is 437 g/mol. The zero-order valence-corrected chi connectivity index (χ0v) is 16.8. The Hall–Kier alpha value is -1.24. The third-order valence-electron chi connectivity index (χ3n) is 3.86. The molecule has 3 rings (SSSR count). The molecule has 1 amide bonds. The van der Waals surface area contributed by atoms with Crippen LogP contribution in [-0.2, 0) is 0 Å². The molecule has 9 heteroatoms. The molecule has 1 aliphatic carbocycles. The first-order chi connectivity index (χ1) is 11.5. The summed E-state index contributed by atoms with van der Waals surface area (Å²) in [6.07, 6.45) is 3.75. The first-order valence-electron chi connectivity index (χ1n) is 7.66. The number of benzene rings is 1. The van der Waals surface area contributed by atoms with E-state index in [1.54, 1.807) is 30.3 Å². The number of aromatic nitrogens is 1. The lowest BCUT2D eigenvalue weighted by molar-refractivity contribution is 0.0950. The second kappa shape index (κ2) is 10.2. The molecule has 0 spiro atoms. The van der Waals surface area contributed by atoms with Gasteiger partial charge in [0, 0.05) is 24.8 Å². The molecule has 1 aromatic heterocycles. The molecule has 0 saturated heterocycles. The predicted molar refractivity (Wildman–Crippen MR) is 108 cm³/mol. The highest BCUT2D eigenvalue weighted by Gasteiger charge is 2.28. The maximum Gasteiger partial charge on any atom is 0.252 e. The molecule has 1 atom stereocenters. The molecule has 2 aromatic rings. The van der Waals surface area contributed by atoms with Gasteiger partial charge < -0.3 is 15.8 Å². The largest absolute Gasteiger partial charge is 0.437 e. The van der Waals surface area contributed by atoms with Gasteiger partial charge in [-0.05, 0) is 37.0 Å². The van der Waals surface area contributed by atoms with Crippen LogP contribution in [0.5, 0.6) is 11.6 Å². The second-order valence-corrected chi connectivity index (χ2v) is 6.54. The van der Waals surface area contributed by atoms with Crippen molar-refractivity contribution in [3.05, 3.63) is 52.1 Å². The van der Waals surface area contributed by atoms with E-state index in [1.165, 1.54) is 6.20 Å². The zero-order chi connectivity index (χ0) is 17.1. The lowest BCUT2D eigenvalue weighted by Crippen LogP contribution is -2.38. The van der Waals surface area contributed by atoms with Gasteiger partial charge in [-0.3, -0.25) is 4.79 Å². The van der Waals surface area contributed by atoms with Gasteiger partial charge in [-0.25, -0.2) is 4.98 Å². The lowest BCUT2D eigenvalue weighted by atomic mass is 10.2. The van der Waals surface area contributed by atoms with E-state index in [-0.39, 0.29) is 36.8 Å². The molecule has 1 aromatic carbocycles. The summed E-state index contributed by atoms with van der Waals surface area (Å²) < 4.78 is 5.58. The Bertz CT molecular complexity index is 739. The number of carbonyl (C=O) groups excluding carboxylic acids is 1. The van der Waals surface area contributed by atoms with Gasteiger partial charge in [0.15, 0.2) is 0 Å². The first kappa shape index (κ1) is 22.8. The van der Waals surface area contributed by atoms with Crippen molar-refractivity contribution in [3.63, 3.8) is 0 Å². The number of carbonyl (C=O) groups is 1. The molecule has 1 saturated carbocycles. The number of nitrogens with one attached hydrogen (secondary N) is 1. The van der Waals surface area contributed by atoms with E-state index in [0.717, 1.165) is 12.8 Å². The fraction of sp³-hybridized carbons (Fsp3) is 0.294. The summed E-state index contributed by atoms with van der Waals surface area (Å²) in [6.45, 7) is 0.472. The number of pyridine rings is 1. The topological polar surface area (TPSA) is 77.2 Å². The molecule has 26 heavy (non-hydrogen) atoms. The van der Waals surface area contributed by atoms with E-state index in [1.807, 2.05) is 0 Å². The zero-order valence-electron chi connectivity index (χ0n) is 13.7. The Morgan fingerprint density at radius 1 is 1.27 bits per heavy atom. The van der Waals surface area contributed by atoms with Crippen molar-refractivity contribution in [2.45, 2.75) is 18.9 Å². The average Bonchev–Trinajstić information content (AvgIpc) is 3.42. The van der Waals surface area contributed by atoms with Gasteiger partial charge in [0.25, 0.3) is 5.91 Å². The fourth-order valence-corrected chi connectivity index (χ4v) is 2.58. The summed E-state index contributed by atoms with van der Waals surface area (Å²) in [5.74, 6) is 1.07. The number of amides is 1. The molecule has 0 bridgehead atoms. The van der Waals surface area contributed by atoms with Crippen molar-refractivity contribution in [3.8, 4) is 11.6 Å². The predicted octanol–water partition coefficient (Wildman–Crippen LogP) is 4.49. The van der Waals surface area contributed by atoms with Crippen LogP contribution >= 0.6 is 48.0 Å². The Balaban J connectivity index is 0.00000169. The van der Waals surface area contributed by atoms with Crippen molar-refractivity contribution < 1.29 is 9.53 Å². The molecule has 0 aliphatic heterocycles. The molecular weight excluding hydrogens is 420 g/mol. The number of rotatable bonds is 6. The summed E-state index contributed by atoms with van der Waals surface area (Å²) in [7, 11) is 0. The number of nitrogens with zero attached hydrogens (tertiary/aromatic N) is 1. The molecule has 1 heterocycles. The van der Waals surface area contributed by atoms with Crippen molar-refractivity contribution in [2.75, 3.05) is 6.54 Å². The van der Waals surface area contributed by atoms with E-state index >= 15 is 0 Å². The van der Waals surface area contributed by atoms with Crippen molar-refractivity contribution in [2.24, 2.45) is 11.7 Å². The molecule has 5 nitrogen and oxygen atoms in total. The number of hydrogen-bond acceptors (Lipinski definition) is 4. The van der Waals surface area contributed by atoms with E-state index in [9.17, 15) is 4.79 Å². The minimum absolute atomic E-state index is 0. The summed E-state index contributed by atoms with van der Waals surface area (Å²) >= 11 is 12.0. The Labute approximate surface area is 174 Å². The Morgan fingerprint density at radius 2 is 2.00 bits per heavy atom. The van der Waals surface area contributed by atoms with Gasteiger partial charge >= 0.3 is 0 Å². The summed E-state index contributed by atoms with van der Waals surface area (Å²) in [5.41, 5.74) is 6.41. The van der Waals surface area contributed by atoms with Crippen LogP contribution in [0.25, 0.3) is 0 Å². The molecule has 1 unspecified atom stereocenters. The first-order valence-corrected chi connectivity index (χ1v) is 8.42. The summed E-state index contributed by atoms with van der Waals surface area (Å²) in [4.78, 5) is 16.2. The van der Waals surface area contributed by atoms with Gasteiger partial charge in [0.05, 0.1) is 10.6 Å². The molecular formula is C17H19Cl4N3O2. The number of nitrogens with two attached hydrogens (primary N) is 1. The van der Waals surface area contributed by atoms with Crippen LogP contribution in [-0.4, -0.2) is 23.5 Å². The van der Waals surface area contributed by atoms with Crippen molar-refractivity contribution in [1.29, 1.82) is 0 Å². The number of hydrogen-bond donors (Lipinski definition) is 2. The summed E-state index contributed by atoms with van der Waals surface area (Å²) in [5, 5.41) is 3.54. The smallest absolute Gasteiger partial charge is 0.252 e. The number of halogens is 4. The van der Waals surface area contributed by atoms with Gasteiger partial charge in [-0.15, -0.1) is 24.8 Å². The third kappa shape index (κ3) is 5.89. The highest BCUT2D eigenvalue weighted by Crippen LogP contribution is 2.34. The average molecular weight is 439 g/mol. The highest BCUT2D eigenvalue weighted by atomic mass is 35.5. The lowest BCUT2D eigenvalue weighted by Gasteiger charge is -2.12. The molecule has 1 aliphatic rings. The molecule has 142 valence electrons. The van der Waals surface area contributed by atoms with Crippen LogP contribution in [0.15, 0.2) is 36.5 Å². The third-order valence-corrected chi connectivity index (χ3v) is 4.66. The van der Waals surface area contributed by atoms with E-state index in [4.69, 9.17) is 33.7 Å². The van der Waals surface area contributed by atoms with Gasteiger partial charge in [0.2, 0.25) is 5.88 Å². The second-order valence-electron chi connectivity index (χ2n) is 5.75. The van der Waals surface area contributed by atoms with E-state index in [2.05, 4.69) is 10.3 Å².